The molecular weight excluding hydrogens is 435 g/mol. The SMILES string of the molecule is CCOc1ccc2c3[c]([Sn][C](C)(C)C)nn(C4CCCCO4)c3nn2c1. The van der Waals surface area contributed by atoms with Gasteiger partial charge in [-0.2, -0.15) is 0 Å². The van der Waals surface area contributed by atoms with E-state index in [-0.39, 0.29) is 6.23 Å². The zero-order chi connectivity index (χ0) is 18.3. The normalized spacial score (nSPS) is 18.7. The number of aromatic nitrogens is 4. The van der Waals surface area contributed by atoms with E-state index in [2.05, 4.69) is 26.8 Å². The van der Waals surface area contributed by atoms with Crippen LogP contribution in [0.4, 0.5) is 0 Å². The maximum absolute atomic E-state index is 6.02. The van der Waals surface area contributed by atoms with Gasteiger partial charge in [0.2, 0.25) is 0 Å². The van der Waals surface area contributed by atoms with Gasteiger partial charge in [-0.05, 0) is 0 Å². The van der Waals surface area contributed by atoms with Gasteiger partial charge in [0.25, 0.3) is 0 Å². The standard InChI is InChI=1S/C15H17N4O2.C4H9.Sn/c1-2-20-11-6-7-13-12-9-16-19(14-5-3-4-8-21-14)15(12)17-18(13)10-11;1-4(2)3;/h6-7,10,14H,2-5,8H2,1H3;1-3H3;. The molecule has 0 saturated carbocycles. The summed E-state index contributed by atoms with van der Waals surface area (Å²) in [6, 6.07) is 4.14. The van der Waals surface area contributed by atoms with E-state index in [1.807, 2.05) is 28.4 Å². The average Bonchev–Trinajstić information content (AvgIpc) is 3.12. The van der Waals surface area contributed by atoms with Crippen LogP contribution < -0.4 is 8.45 Å². The number of hydrogen-bond acceptors (Lipinski definition) is 4. The van der Waals surface area contributed by atoms with Crippen LogP contribution in [0.3, 0.4) is 0 Å². The van der Waals surface area contributed by atoms with Crippen LogP contribution in [-0.2, 0) is 4.74 Å². The molecule has 4 heterocycles. The van der Waals surface area contributed by atoms with Crippen LogP contribution >= 0.6 is 0 Å². The summed E-state index contributed by atoms with van der Waals surface area (Å²) in [5.41, 5.74) is 2.07. The number of fused-ring (bicyclic) bond motifs is 3. The monoisotopic (exact) mass is 462 g/mol. The Morgan fingerprint density at radius 1 is 1.27 bits per heavy atom. The number of nitrogens with zero attached hydrogens (tertiary/aromatic N) is 4. The molecule has 7 heteroatoms. The number of pyridine rings is 1. The molecule has 1 fully saturated rings. The molecule has 0 spiro atoms. The third kappa shape index (κ3) is 3.45. The third-order valence-corrected chi connectivity index (χ3v) is 8.29. The molecule has 0 N–H and O–H groups in total. The van der Waals surface area contributed by atoms with Gasteiger partial charge in [-0.3, -0.25) is 0 Å². The van der Waals surface area contributed by atoms with E-state index in [4.69, 9.17) is 19.7 Å². The Bertz CT molecular complexity index is 919. The first-order chi connectivity index (χ1) is 12.5. The van der Waals surface area contributed by atoms with Gasteiger partial charge < -0.3 is 0 Å². The van der Waals surface area contributed by atoms with Crippen molar-refractivity contribution in [2.24, 2.45) is 0 Å². The van der Waals surface area contributed by atoms with E-state index in [1.54, 1.807) is 0 Å². The first-order valence-corrected chi connectivity index (χ1v) is 12.2. The van der Waals surface area contributed by atoms with Crippen LogP contribution in [0.1, 0.15) is 53.2 Å². The molecular formula is C19H26N4O2Sn. The molecule has 1 unspecified atom stereocenters. The molecule has 3 aromatic rings. The number of hydrogen-bond donors (Lipinski definition) is 0. The Morgan fingerprint density at radius 2 is 2.12 bits per heavy atom. The van der Waals surface area contributed by atoms with E-state index in [0.717, 1.165) is 36.4 Å². The van der Waals surface area contributed by atoms with Crippen molar-refractivity contribution in [2.45, 2.75) is 56.6 Å². The molecule has 3 aromatic heterocycles. The summed E-state index contributed by atoms with van der Waals surface area (Å²) >= 11 is -0.887. The topological polar surface area (TPSA) is 53.6 Å². The fourth-order valence-corrected chi connectivity index (χ4v) is 6.94. The summed E-state index contributed by atoms with van der Waals surface area (Å²) in [5.74, 6) is 0.843. The molecule has 1 aliphatic heterocycles. The van der Waals surface area contributed by atoms with Crippen LogP contribution in [0.25, 0.3) is 16.6 Å². The van der Waals surface area contributed by atoms with Crippen molar-refractivity contribution in [3.05, 3.63) is 18.3 Å². The molecule has 6 nitrogen and oxygen atoms in total. The molecule has 0 aliphatic carbocycles. The fraction of sp³-hybridized carbons (Fsp3) is 0.579. The Hall–Kier alpha value is -1.28. The van der Waals surface area contributed by atoms with Crippen LogP contribution in [0, 0.1) is 0 Å². The third-order valence-electron chi connectivity index (χ3n) is 4.48. The van der Waals surface area contributed by atoms with Gasteiger partial charge in [-0.15, -0.1) is 0 Å². The summed E-state index contributed by atoms with van der Waals surface area (Å²) in [4.78, 5) is 0. The van der Waals surface area contributed by atoms with E-state index in [1.165, 1.54) is 15.5 Å². The van der Waals surface area contributed by atoms with Crippen LogP contribution in [-0.4, -0.2) is 53.8 Å². The van der Waals surface area contributed by atoms with Crippen molar-refractivity contribution in [3.8, 4) is 5.75 Å². The van der Waals surface area contributed by atoms with Gasteiger partial charge in [0.15, 0.2) is 0 Å². The van der Waals surface area contributed by atoms with Gasteiger partial charge in [0, 0.05) is 0 Å². The van der Waals surface area contributed by atoms with Gasteiger partial charge in [-0.1, -0.05) is 0 Å². The quantitative estimate of drug-likeness (QED) is 0.560. The summed E-state index contributed by atoms with van der Waals surface area (Å²) in [5, 5.41) is 11.1. The van der Waals surface area contributed by atoms with E-state index in [9.17, 15) is 0 Å². The van der Waals surface area contributed by atoms with Gasteiger partial charge in [0.05, 0.1) is 0 Å². The Kier molecular flexibility index (Phi) is 4.90. The molecule has 26 heavy (non-hydrogen) atoms. The number of ether oxygens (including phenoxy) is 2. The molecule has 1 saturated heterocycles. The average molecular weight is 461 g/mol. The minimum absolute atomic E-state index is 0.00983. The summed E-state index contributed by atoms with van der Waals surface area (Å²) < 4.78 is 17.2. The van der Waals surface area contributed by atoms with E-state index >= 15 is 0 Å². The first-order valence-electron chi connectivity index (χ1n) is 9.39. The maximum atomic E-state index is 6.02. The molecule has 0 amide bonds. The summed E-state index contributed by atoms with van der Waals surface area (Å²) in [6.45, 7) is 10.4. The Morgan fingerprint density at radius 3 is 2.81 bits per heavy atom. The van der Waals surface area contributed by atoms with Gasteiger partial charge in [-0.25, -0.2) is 0 Å². The van der Waals surface area contributed by atoms with Crippen molar-refractivity contribution < 1.29 is 9.47 Å². The predicted molar refractivity (Wildman–Crippen MR) is 104 cm³/mol. The Labute approximate surface area is 164 Å². The molecule has 2 radical (unpaired) electrons. The minimum atomic E-state index is -0.887. The van der Waals surface area contributed by atoms with Crippen molar-refractivity contribution in [1.82, 2.24) is 19.4 Å². The second-order valence-electron chi connectivity index (χ2n) is 7.82. The predicted octanol–water partition coefficient (Wildman–Crippen LogP) is 3.33. The molecule has 0 aromatic carbocycles. The summed E-state index contributed by atoms with van der Waals surface area (Å²) in [7, 11) is 0. The zero-order valence-corrected chi connectivity index (χ0v) is 18.8. The van der Waals surface area contributed by atoms with Crippen molar-refractivity contribution >= 4 is 41.4 Å². The molecule has 4 rings (SSSR count). The van der Waals surface area contributed by atoms with E-state index in [0.29, 0.717) is 10.0 Å². The second-order valence-corrected chi connectivity index (χ2v) is 14.2. The Balaban J connectivity index is 1.89. The van der Waals surface area contributed by atoms with Crippen molar-refractivity contribution in [3.63, 3.8) is 0 Å². The zero-order valence-electron chi connectivity index (χ0n) is 16.0. The van der Waals surface area contributed by atoms with Crippen LogP contribution in [0.15, 0.2) is 18.3 Å². The molecule has 0 bridgehead atoms. The molecule has 1 aliphatic rings. The molecule has 1 atom stereocenters. The first kappa shape index (κ1) is 18.1. The van der Waals surface area contributed by atoms with Crippen LogP contribution in [0.2, 0.25) is 3.43 Å². The van der Waals surface area contributed by atoms with Crippen molar-refractivity contribution in [1.29, 1.82) is 0 Å². The fourth-order valence-electron chi connectivity index (χ4n) is 3.42. The number of rotatable bonds is 4. The van der Waals surface area contributed by atoms with E-state index < -0.39 is 21.1 Å². The van der Waals surface area contributed by atoms with Crippen molar-refractivity contribution in [2.75, 3.05) is 13.2 Å². The summed E-state index contributed by atoms with van der Waals surface area (Å²) in [6.07, 6.45) is 5.30. The van der Waals surface area contributed by atoms with Gasteiger partial charge in [0.1, 0.15) is 0 Å². The second kappa shape index (κ2) is 7.03. The van der Waals surface area contributed by atoms with Crippen LogP contribution in [0.5, 0.6) is 5.75 Å². The molecule has 138 valence electrons. The van der Waals surface area contributed by atoms with Gasteiger partial charge >= 0.3 is 164 Å².